The van der Waals surface area contributed by atoms with Crippen LogP contribution in [0.5, 0.6) is 0 Å². The molecule has 1 atom stereocenters. The third-order valence-electron chi connectivity index (χ3n) is 3.90. The van der Waals surface area contributed by atoms with Crippen LogP contribution in [0.3, 0.4) is 0 Å². The van der Waals surface area contributed by atoms with Crippen molar-refractivity contribution >= 4 is 16.7 Å². The third-order valence-corrected chi connectivity index (χ3v) is 3.90. The summed E-state index contributed by atoms with van der Waals surface area (Å²) in [6.07, 6.45) is 4.45. The summed E-state index contributed by atoms with van der Waals surface area (Å²) in [5.41, 5.74) is 2.03. The summed E-state index contributed by atoms with van der Waals surface area (Å²) in [7, 11) is 0. The van der Waals surface area contributed by atoms with Crippen LogP contribution in [0.25, 0.3) is 10.8 Å². The molecule has 3 aromatic rings. The van der Waals surface area contributed by atoms with Gasteiger partial charge in [0, 0.05) is 12.4 Å². The second kappa shape index (κ2) is 6.39. The third kappa shape index (κ3) is 3.14. The van der Waals surface area contributed by atoms with Crippen LogP contribution in [-0.4, -0.2) is 16.1 Å². The van der Waals surface area contributed by atoms with Gasteiger partial charge in [0.2, 0.25) is 0 Å². The van der Waals surface area contributed by atoms with E-state index in [9.17, 15) is 9.90 Å². The van der Waals surface area contributed by atoms with Crippen LogP contribution in [-0.2, 0) is 17.6 Å². The number of hydrogen-bond acceptors (Lipinski definition) is 2. The number of rotatable bonds is 5. The number of nitrogens with zero attached hydrogens (tertiary/aromatic N) is 1. The SMILES string of the molecule is O=C(O)[C@H](Cc1cccnc1)Cc1cccc2ccccc12. The van der Waals surface area contributed by atoms with Crippen molar-refractivity contribution in [2.75, 3.05) is 0 Å². The molecule has 1 aromatic heterocycles. The normalized spacial score (nSPS) is 12.2. The summed E-state index contributed by atoms with van der Waals surface area (Å²) in [6, 6.07) is 17.9. The van der Waals surface area contributed by atoms with Gasteiger partial charge in [-0.05, 0) is 40.8 Å². The van der Waals surface area contributed by atoms with Gasteiger partial charge in [-0.15, -0.1) is 0 Å². The van der Waals surface area contributed by atoms with E-state index in [0.29, 0.717) is 12.8 Å². The molecule has 0 bridgehead atoms. The second-order valence-corrected chi connectivity index (χ2v) is 5.44. The number of aliphatic carboxylic acids is 1. The van der Waals surface area contributed by atoms with Crippen molar-refractivity contribution in [3.05, 3.63) is 78.1 Å². The fourth-order valence-electron chi connectivity index (χ4n) is 2.79. The highest BCUT2D eigenvalue weighted by Gasteiger charge is 2.19. The maximum atomic E-state index is 11.6. The zero-order valence-corrected chi connectivity index (χ0v) is 12.1. The molecule has 22 heavy (non-hydrogen) atoms. The number of carboxylic acid groups (broad SMARTS) is 1. The van der Waals surface area contributed by atoms with Gasteiger partial charge in [0.1, 0.15) is 0 Å². The van der Waals surface area contributed by atoms with Crippen molar-refractivity contribution in [3.63, 3.8) is 0 Å². The van der Waals surface area contributed by atoms with E-state index in [4.69, 9.17) is 0 Å². The van der Waals surface area contributed by atoms with Crippen LogP contribution in [0.4, 0.5) is 0 Å². The molecule has 0 aliphatic carbocycles. The lowest BCUT2D eigenvalue weighted by Crippen LogP contribution is -2.19. The molecule has 0 spiro atoms. The zero-order chi connectivity index (χ0) is 15.4. The molecule has 0 aliphatic heterocycles. The van der Waals surface area contributed by atoms with Crippen LogP contribution in [0.1, 0.15) is 11.1 Å². The molecule has 1 heterocycles. The summed E-state index contributed by atoms with van der Waals surface area (Å²) in [5, 5.41) is 11.8. The first-order chi connectivity index (χ1) is 10.7. The number of benzene rings is 2. The monoisotopic (exact) mass is 291 g/mol. The van der Waals surface area contributed by atoms with Crippen molar-refractivity contribution in [2.24, 2.45) is 5.92 Å². The number of aromatic nitrogens is 1. The predicted molar refractivity (Wildman–Crippen MR) is 86.7 cm³/mol. The minimum Gasteiger partial charge on any atom is -0.481 e. The number of hydrogen-bond donors (Lipinski definition) is 1. The maximum Gasteiger partial charge on any atom is 0.307 e. The predicted octanol–water partition coefficient (Wildman–Crippen LogP) is 3.72. The number of fused-ring (bicyclic) bond motifs is 1. The van der Waals surface area contributed by atoms with Gasteiger partial charge in [-0.25, -0.2) is 0 Å². The second-order valence-electron chi connectivity index (χ2n) is 5.44. The van der Waals surface area contributed by atoms with Gasteiger partial charge in [-0.2, -0.15) is 0 Å². The van der Waals surface area contributed by atoms with Crippen molar-refractivity contribution in [1.82, 2.24) is 4.98 Å². The smallest absolute Gasteiger partial charge is 0.307 e. The van der Waals surface area contributed by atoms with Crippen molar-refractivity contribution < 1.29 is 9.90 Å². The first kappa shape index (κ1) is 14.3. The van der Waals surface area contributed by atoms with Gasteiger partial charge >= 0.3 is 5.97 Å². The minimum atomic E-state index is -0.767. The van der Waals surface area contributed by atoms with E-state index in [0.717, 1.165) is 21.9 Å². The van der Waals surface area contributed by atoms with Gasteiger partial charge in [0.05, 0.1) is 5.92 Å². The molecule has 0 radical (unpaired) electrons. The van der Waals surface area contributed by atoms with Crippen LogP contribution >= 0.6 is 0 Å². The van der Waals surface area contributed by atoms with Crippen LogP contribution < -0.4 is 0 Å². The Bertz CT molecular complexity index is 778. The van der Waals surface area contributed by atoms with Gasteiger partial charge in [0.15, 0.2) is 0 Å². The quantitative estimate of drug-likeness (QED) is 0.779. The minimum absolute atomic E-state index is 0.449. The topological polar surface area (TPSA) is 50.2 Å². The number of pyridine rings is 1. The Morgan fingerprint density at radius 1 is 1.00 bits per heavy atom. The molecule has 0 saturated carbocycles. The lowest BCUT2D eigenvalue weighted by Gasteiger charge is -2.14. The highest BCUT2D eigenvalue weighted by atomic mass is 16.4. The van der Waals surface area contributed by atoms with Gasteiger partial charge in [0.25, 0.3) is 0 Å². The van der Waals surface area contributed by atoms with E-state index >= 15 is 0 Å². The van der Waals surface area contributed by atoms with Crippen molar-refractivity contribution in [2.45, 2.75) is 12.8 Å². The molecule has 3 rings (SSSR count). The molecule has 3 nitrogen and oxygen atoms in total. The Balaban J connectivity index is 1.88. The molecule has 0 amide bonds. The summed E-state index contributed by atoms with van der Waals surface area (Å²) in [4.78, 5) is 15.7. The number of carbonyl (C=O) groups is 1. The van der Waals surface area contributed by atoms with Crippen LogP contribution in [0, 0.1) is 5.92 Å². The first-order valence-electron chi connectivity index (χ1n) is 7.32. The van der Waals surface area contributed by atoms with Crippen LogP contribution in [0.2, 0.25) is 0 Å². The molecule has 0 unspecified atom stereocenters. The Hall–Kier alpha value is -2.68. The number of carboxylic acids is 1. The lowest BCUT2D eigenvalue weighted by atomic mass is 9.91. The van der Waals surface area contributed by atoms with E-state index in [1.165, 1.54) is 0 Å². The Kier molecular flexibility index (Phi) is 4.15. The average Bonchev–Trinajstić information content (AvgIpc) is 2.55. The van der Waals surface area contributed by atoms with Gasteiger partial charge in [-0.3, -0.25) is 9.78 Å². The Morgan fingerprint density at radius 2 is 1.82 bits per heavy atom. The average molecular weight is 291 g/mol. The summed E-state index contributed by atoms with van der Waals surface area (Å²) < 4.78 is 0. The molecular formula is C19H17NO2. The van der Waals surface area contributed by atoms with E-state index < -0.39 is 11.9 Å². The Labute approximate surface area is 129 Å². The highest BCUT2D eigenvalue weighted by Crippen LogP contribution is 2.23. The van der Waals surface area contributed by atoms with Gasteiger partial charge in [-0.1, -0.05) is 48.5 Å². The molecule has 0 fully saturated rings. The van der Waals surface area contributed by atoms with E-state index in [-0.39, 0.29) is 0 Å². The molecule has 0 aliphatic rings. The summed E-state index contributed by atoms with van der Waals surface area (Å²) in [6.45, 7) is 0. The molecule has 1 N–H and O–H groups in total. The van der Waals surface area contributed by atoms with E-state index in [1.54, 1.807) is 12.4 Å². The maximum absolute atomic E-state index is 11.6. The molecule has 2 aromatic carbocycles. The lowest BCUT2D eigenvalue weighted by molar-refractivity contribution is -0.141. The summed E-state index contributed by atoms with van der Waals surface area (Å²) >= 11 is 0. The largest absolute Gasteiger partial charge is 0.481 e. The Morgan fingerprint density at radius 3 is 2.59 bits per heavy atom. The fourth-order valence-corrected chi connectivity index (χ4v) is 2.79. The molecule has 0 saturated heterocycles. The van der Waals surface area contributed by atoms with Gasteiger partial charge < -0.3 is 5.11 Å². The molecule has 3 heteroatoms. The summed E-state index contributed by atoms with van der Waals surface area (Å²) in [5.74, 6) is -1.22. The molecular weight excluding hydrogens is 274 g/mol. The van der Waals surface area contributed by atoms with Crippen molar-refractivity contribution in [3.8, 4) is 0 Å². The van der Waals surface area contributed by atoms with Crippen LogP contribution in [0.15, 0.2) is 67.0 Å². The standard InChI is InChI=1S/C19H17NO2/c21-19(22)17(11-14-5-4-10-20-13-14)12-16-8-3-7-15-6-1-2-9-18(15)16/h1-10,13,17H,11-12H2,(H,21,22)/t17-/m1/s1. The fraction of sp³-hybridized carbons (Fsp3) is 0.158. The zero-order valence-electron chi connectivity index (χ0n) is 12.1. The first-order valence-corrected chi connectivity index (χ1v) is 7.32. The van der Waals surface area contributed by atoms with Crippen molar-refractivity contribution in [1.29, 1.82) is 0 Å². The highest BCUT2D eigenvalue weighted by molar-refractivity contribution is 5.86. The van der Waals surface area contributed by atoms with E-state index in [2.05, 4.69) is 17.1 Å². The molecule has 110 valence electrons. The van der Waals surface area contributed by atoms with E-state index in [1.807, 2.05) is 42.5 Å².